The van der Waals surface area contributed by atoms with Crippen LogP contribution in [0.4, 0.5) is 5.82 Å². The second-order valence-electron chi connectivity index (χ2n) is 4.59. The van der Waals surface area contributed by atoms with Crippen LogP contribution in [0.1, 0.15) is 35.8 Å². The highest BCUT2D eigenvalue weighted by atomic mass is 35.5. The molecular weight excluding hydrogens is 276 g/mol. The summed E-state index contributed by atoms with van der Waals surface area (Å²) in [6, 6.07) is 3.44. The molecule has 0 radical (unpaired) electrons. The Morgan fingerprint density at radius 3 is 2.90 bits per heavy atom. The molecular formula is C14H17ClN4O. The predicted octanol–water partition coefficient (Wildman–Crippen LogP) is 3.29. The standard InChI is InChI=1S/C14H17ClN4O/c1-3-4-5-19-13(6-10(2)18-19)17-14(20)11-7-12(15)9-16-8-11/h6-9H,3-5H2,1-2H3,(H,17,20). The van der Waals surface area contributed by atoms with E-state index in [2.05, 4.69) is 22.3 Å². The van der Waals surface area contributed by atoms with Crippen LogP contribution in [0.5, 0.6) is 0 Å². The maximum atomic E-state index is 12.2. The molecule has 1 N–H and O–H groups in total. The monoisotopic (exact) mass is 292 g/mol. The van der Waals surface area contributed by atoms with E-state index in [1.54, 1.807) is 6.07 Å². The first-order valence-electron chi connectivity index (χ1n) is 6.56. The predicted molar refractivity (Wildman–Crippen MR) is 79.1 cm³/mol. The molecule has 0 saturated heterocycles. The van der Waals surface area contributed by atoms with Gasteiger partial charge in [0.25, 0.3) is 5.91 Å². The first-order chi connectivity index (χ1) is 9.60. The number of nitrogens with one attached hydrogen (secondary N) is 1. The Hall–Kier alpha value is -1.88. The Balaban J connectivity index is 2.15. The third-order valence-electron chi connectivity index (χ3n) is 2.83. The van der Waals surface area contributed by atoms with Gasteiger partial charge in [-0.05, 0) is 19.4 Å². The molecule has 0 aromatic carbocycles. The van der Waals surface area contributed by atoms with Gasteiger partial charge in [-0.25, -0.2) is 4.68 Å². The molecule has 2 rings (SSSR count). The van der Waals surface area contributed by atoms with Crippen LogP contribution in [-0.4, -0.2) is 20.7 Å². The van der Waals surface area contributed by atoms with E-state index in [1.807, 2.05) is 17.7 Å². The van der Waals surface area contributed by atoms with Crippen LogP contribution in [0.2, 0.25) is 5.02 Å². The van der Waals surface area contributed by atoms with E-state index < -0.39 is 0 Å². The van der Waals surface area contributed by atoms with Crippen LogP contribution in [0.3, 0.4) is 0 Å². The third-order valence-corrected chi connectivity index (χ3v) is 3.04. The summed E-state index contributed by atoms with van der Waals surface area (Å²) in [6.45, 7) is 4.80. The van der Waals surface area contributed by atoms with E-state index in [0.29, 0.717) is 16.4 Å². The minimum Gasteiger partial charge on any atom is -0.307 e. The Morgan fingerprint density at radius 2 is 2.20 bits per heavy atom. The Morgan fingerprint density at radius 1 is 1.40 bits per heavy atom. The zero-order valence-corrected chi connectivity index (χ0v) is 12.3. The molecule has 1 amide bonds. The number of nitrogens with zero attached hydrogens (tertiary/aromatic N) is 3. The lowest BCUT2D eigenvalue weighted by molar-refractivity contribution is 0.102. The second-order valence-corrected chi connectivity index (χ2v) is 5.03. The summed E-state index contributed by atoms with van der Waals surface area (Å²) < 4.78 is 1.81. The molecule has 0 aliphatic rings. The van der Waals surface area contributed by atoms with Gasteiger partial charge in [0.2, 0.25) is 0 Å². The quantitative estimate of drug-likeness (QED) is 0.920. The van der Waals surface area contributed by atoms with Gasteiger partial charge in [-0.3, -0.25) is 9.78 Å². The van der Waals surface area contributed by atoms with Crippen LogP contribution < -0.4 is 5.32 Å². The zero-order chi connectivity index (χ0) is 14.5. The molecule has 0 aliphatic heterocycles. The lowest BCUT2D eigenvalue weighted by Gasteiger charge is -2.08. The number of pyridine rings is 1. The van der Waals surface area contributed by atoms with Crippen molar-refractivity contribution in [2.45, 2.75) is 33.2 Å². The molecule has 2 aromatic heterocycles. The van der Waals surface area contributed by atoms with E-state index in [9.17, 15) is 4.79 Å². The van der Waals surface area contributed by atoms with Crippen molar-refractivity contribution < 1.29 is 4.79 Å². The summed E-state index contributed by atoms with van der Waals surface area (Å²) in [6.07, 6.45) is 5.07. The van der Waals surface area contributed by atoms with Crippen LogP contribution in [-0.2, 0) is 6.54 Å². The Bertz CT molecular complexity index is 609. The number of hydrogen-bond acceptors (Lipinski definition) is 3. The van der Waals surface area contributed by atoms with Gasteiger partial charge in [0.05, 0.1) is 16.3 Å². The normalized spacial score (nSPS) is 10.6. The fraction of sp³-hybridized carbons (Fsp3) is 0.357. The number of rotatable bonds is 5. The van der Waals surface area contributed by atoms with Gasteiger partial charge >= 0.3 is 0 Å². The maximum Gasteiger partial charge on any atom is 0.258 e. The van der Waals surface area contributed by atoms with Crippen molar-refractivity contribution >= 4 is 23.3 Å². The molecule has 0 atom stereocenters. The Kier molecular flexibility index (Phi) is 4.74. The van der Waals surface area contributed by atoms with Crippen molar-refractivity contribution in [3.63, 3.8) is 0 Å². The molecule has 0 saturated carbocycles. The summed E-state index contributed by atoms with van der Waals surface area (Å²) >= 11 is 5.84. The first kappa shape index (κ1) is 14.5. The number of carbonyl (C=O) groups excluding carboxylic acids is 1. The summed E-state index contributed by atoms with van der Waals surface area (Å²) in [5, 5.41) is 7.66. The molecule has 2 heterocycles. The average molecular weight is 293 g/mol. The fourth-order valence-corrected chi connectivity index (χ4v) is 2.02. The molecule has 0 fully saturated rings. The van der Waals surface area contributed by atoms with Gasteiger partial charge in [0, 0.05) is 25.0 Å². The number of halogens is 1. The van der Waals surface area contributed by atoms with E-state index in [-0.39, 0.29) is 5.91 Å². The molecule has 6 heteroatoms. The summed E-state index contributed by atoms with van der Waals surface area (Å²) in [7, 11) is 0. The van der Waals surface area contributed by atoms with Gasteiger partial charge in [0.15, 0.2) is 0 Å². The van der Waals surface area contributed by atoms with Crippen LogP contribution in [0.25, 0.3) is 0 Å². The average Bonchev–Trinajstić information content (AvgIpc) is 2.76. The molecule has 0 unspecified atom stereocenters. The van der Waals surface area contributed by atoms with Crippen molar-refractivity contribution in [1.29, 1.82) is 0 Å². The Labute approximate surface area is 123 Å². The van der Waals surface area contributed by atoms with Crippen LogP contribution in [0.15, 0.2) is 24.5 Å². The zero-order valence-electron chi connectivity index (χ0n) is 11.6. The molecule has 20 heavy (non-hydrogen) atoms. The summed E-state index contributed by atoms with van der Waals surface area (Å²) in [4.78, 5) is 16.1. The minimum atomic E-state index is -0.238. The van der Waals surface area contributed by atoms with Crippen molar-refractivity contribution in [2.24, 2.45) is 0 Å². The number of aryl methyl sites for hydroxylation is 2. The minimum absolute atomic E-state index is 0.238. The first-order valence-corrected chi connectivity index (χ1v) is 6.94. The summed E-state index contributed by atoms with van der Waals surface area (Å²) in [5.41, 5.74) is 1.30. The highest BCUT2D eigenvalue weighted by Gasteiger charge is 2.11. The molecule has 2 aromatic rings. The third kappa shape index (κ3) is 3.57. The number of amides is 1. The molecule has 0 spiro atoms. The van der Waals surface area contributed by atoms with Crippen molar-refractivity contribution in [1.82, 2.24) is 14.8 Å². The highest BCUT2D eigenvalue weighted by Crippen LogP contribution is 2.14. The largest absolute Gasteiger partial charge is 0.307 e. The van der Waals surface area contributed by atoms with Gasteiger partial charge < -0.3 is 5.32 Å². The second kappa shape index (κ2) is 6.52. The van der Waals surface area contributed by atoms with Gasteiger partial charge in [-0.2, -0.15) is 5.10 Å². The molecule has 5 nitrogen and oxygen atoms in total. The van der Waals surface area contributed by atoms with E-state index in [4.69, 9.17) is 11.6 Å². The van der Waals surface area contributed by atoms with E-state index in [1.165, 1.54) is 12.4 Å². The highest BCUT2D eigenvalue weighted by molar-refractivity contribution is 6.30. The molecule has 0 bridgehead atoms. The fourth-order valence-electron chi connectivity index (χ4n) is 1.85. The van der Waals surface area contributed by atoms with Gasteiger partial charge in [-0.1, -0.05) is 24.9 Å². The topological polar surface area (TPSA) is 59.8 Å². The number of aromatic nitrogens is 3. The molecule has 106 valence electrons. The van der Waals surface area contributed by atoms with E-state index >= 15 is 0 Å². The van der Waals surface area contributed by atoms with Crippen LogP contribution >= 0.6 is 11.6 Å². The number of carbonyl (C=O) groups is 1. The number of unbranched alkanes of at least 4 members (excludes halogenated alkanes) is 1. The summed E-state index contributed by atoms with van der Waals surface area (Å²) in [5.74, 6) is 0.457. The van der Waals surface area contributed by atoms with Crippen molar-refractivity contribution in [3.05, 3.63) is 40.8 Å². The van der Waals surface area contributed by atoms with Gasteiger partial charge in [0.1, 0.15) is 5.82 Å². The van der Waals surface area contributed by atoms with Crippen molar-refractivity contribution in [2.75, 3.05) is 5.32 Å². The lowest BCUT2D eigenvalue weighted by atomic mass is 10.2. The molecule has 0 aliphatic carbocycles. The lowest BCUT2D eigenvalue weighted by Crippen LogP contribution is -2.16. The SMILES string of the molecule is CCCCn1nc(C)cc1NC(=O)c1cncc(Cl)c1. The number of hydrogen-bond donors (Lipinski definition) is 1. The number of anilines is 1. The smallest absolute Gasteiger partial charge is 0.258 e. The van der Waals surface area contributed by atoms with E-state index in [0.717, 1.165) is 25.1 Å². The maximum absolute atomic E-state index is 12.2. The van der Waals surface area contributed by atoms with Gasteiger partial charge in [-0.15, -0.1) is 0 Å². The van der Waals surface area contributed by atoms with Crippen LogP contribution in [0, 0.1) is 6.92 Å². The van der Waals surface area contributed by atoms with Crippen molar-refractivity contribution in [3.8, 4) is 0 Å².